The molecule has 1 amide bonds. The van der Waals surface area contributed by atoms with Crippen molar-refractivity contribution in [1.29, 1.82) is 0 Å². The lowest BCUT2D eigenvalue weighted by atomic mass is 9.89. The van der Waals surface area contributed by atoms with Gasteiger partial charge in [0.25, 0.3) is 0 Å². The van der Waals surface area contributed by atoms with Crippen molar-refractivity contribution in [3.63, 3.8) is 0 Å². The van der Waals surface area contributed by atoms with Crippen molar-refractivity contribution in [2.24, 2.45) is 5.92 Å². The third-order valence-corrected chi connectivity index (χ3v) is 2.90. The van der Waals surface area contributed by atoms with Crippen molar-refractivity contribution in [3.8, 4) is 0 Å². The Bertz CT molecular complexity index is 181. The molecule has 0 aromatic carbocycles. The topological polar surface area (TPSA) is 38.3 Å². The fourth-order valence-corrected chi connectivity index (χ4v) is 2.02. The van der Waals surface area contributed by atoms with Crippen LogP contribution in [0.25, 0.3) is 0 Å². The minimum atomic E-state index is 0.198. The van der Waals surface area contributed by atoms with E-state index in [0.29, 0.717) is 25.6 Å². The third kappa shape index (κ3) is 5.38. The van der Waals surface area contributed by atoms with Crippen LogP contribution in [0.5, 0.6) is 0 Å². The molecule has 15 heavy (non-hydrogen) atoms. The first-order valence-electron chi connectivity index (χ1n) is 5.76. The predicted octanol–water partition coefficient (Wildman–Crippen LogP) is 1.94. The van der Waals surface area contributed by atoms with Crippen molar-refractivity contribution in [2.45, 2.75) is 32.1 Å². The number of ether oxygens (including phenoxy) is 1. The minimum absolute atomic E-state index is 0.198. The maximum atomic E-state index is 11.6. The fourth-order valence-electron chi connectivity index (χ4n) is 1.91. The van der Waals surface area contributed by atoms with Crippen LogP contribution in [0.4, 0.5) is 0 Å². The molecule has 4 heteroatoms. The van der Waals surface area contributed by atoms with E-state index in [4.69, 9.17) is 16.3 Å². The zero-order chi connectivity index (χ0) is 10.9. The minimum Gasteiger partial charge on any atom is -0.378 e. The second kappa shape index (κ2) is 7.94. The van der Waals surface area contributed by atoms with Crippen LogP contribution in [-0.4, -0.2) is 31.5 Å². The van der Waals surface area contributed by atoms with Crippen molar-refractivity contribution >= 4 is 17.5 Å². The van der Waals surface area contributed by atoms with Crippen LogP contribution in [-0.2, 0) is 9.53 Å². The number of carbonyl (C=O) groups is 1. The molecule has 1 rings (SSSR count). The van der Waals surface area contributed by atoms with Gasteiger partial charge in [-0.15, -0.1) is 11.6 Å². The van der Waals surface area contributed by atoms with E-state index in [1.807, 2.05) is 0 Å². The van der Waals surface area contributed by atoms with Gasteiger partial charge in [0.2, 0.25) is 5.91 Å². The number of halogens is 1. The fraction of sp³-hybridized carbons (Fsp3) is 0.909. The summed E-state index contributed by atoms with van der Waals surface area (Å²) < 4.78 is 5.17. The van der Waals surface area contributed by atoms with E-state index in [9.17, 15) is 4.79 Å². The Hall–Kier alpha value is -0.280. The molecule has 0 bridgehead atoms. The molecule has 1 N–H and O–H groups in total. The van der Waals surface area contributed by atoms with E-state index in [2.05, 4.69) is 5.32 Å². The van der Waals surface area contributed by atoms with E-state index in [1.54, 1.807) is 0 Å². The molecule has 88 valence electrons. The molecule has 0 aliphatic heterocycles. The highest BCUT2D eigenvalue weighted by Gasteiger charge is 2.20. The SMILES string of the molecule is O=C(NCCOCCCl)C1CCCCC1. The van der Waals surface area contributed by atoms with Crippen molar-refractivity contribution < 1.29 is 9.53 Å². The van der Waals surface area contributed by atoms with E-state index < -0.39 is 0 Å². The van der Waals surface area contributed by atoms with Gasteiger partial charge in [-0.2, -0.15) is 0 Å². The molecule has 0 aromatic rings. The summed E-state index contributed by atoms with van der Waals surface area (Å²) in [7, 11) is 0. The van der Waals surface area contributed by atoms with Gasteiger partial charge in [0.1, 0.15) is 0 Å². The first-order valence-corrected chi connectivity index (χ1v) is 6.29. The monoisotopic (exact) mass is 233 g/mol. The first-order chi connectivity index (χ1) is 7.34. The maximum Gasteiger partial charge on any atom is 0.223 e. The van der Waals surface area contributed by atoms with Crippen LogP contribution < -0.4 is 5.32 Å². The Kier molecular flexibility index (Phi) is 6.77. The summed E-state index contributed by atoms with van der Waals surface area (Å²) in [6, 6.07) is 0. The zero-order valence-corrected chi connectivity index (χ0v) is 9.89. The summed E-state index contributed by atoms with van der Waals surface area (Å²) in [5.41, 5.74) is 0. The van der Waals surface area contributed by atoms with Crippen LogP contribution in [0.1, 0.15) is 32.1 Å². The van der Waals surface area contributed by atoms with Gasteiger partial charge in [-0.05, 0) is 12.8 Å². The number of nitrogens with one attached hydrogen (secondary N) is 1. The molecule has 1 aliphatic carbocycles. The normalized spacial score (nSPS) is 17.7. The first kappa shape index (κ1) is 12.8. The van der Waals surface area contributed by atoms with Gasteiger partial charge in [0.05, 0.1) is 13.2 Å². The maximum absolute atomic E-state index is 11.6. The van der Waals surface area contributed by atoms with Crippen LogP contribution in [0.15, 0.2) is 0 Å². The number of alkyl halides is 1. The molecule has 0 heterocycles. The lowest BCUT2D eigenvalue weighted by Gasteiger charge is -2.20. The molecular formula is C11H20ClNO2. The summed E-state index contributed by atoms with van der Waals surface area (Å²) in [6.07, 6.45) is 5.77. The molecule has 0 radical (unpaired) electrons. The van der Waals surface area contributed by atoms with Gasteiger partial charge in [-0.1, -0.05) is 19.3 Å². The van der Waals surface area contributed by atoms with E-state index in [-0.39, 0.29) is 11.8 Å². The zero-order valence-electron chi connectivity index (χ0n) is 9.14. The number of carbonyl (C=O) groups excluding carboxylic acids is 1. The Balaban J connectivity index is 2.02. The summed E-state index contributed by atoms with van der Waals surface area (Å²) in [4.78, 5) is 11.6. The summed E-state index contributed by atoms with van der Waals surface area (Å²) in [6.45, 7) is 1.72. The molecule has 0 atom stereocenters. The largest absolute Gasteiger partial charge is 0.378 e. The molecule has 1 aliphatic rings. The van der Waals surface area contributed by atoms with Gasteiger partial charge >= 0.3 is 0 Å². The number of rotatable bonds is 6. The average molecular weight is 234 g/mol. The lowest BCUT2D eigenvalue weighted by Crippen LogP contribution is -2.34. The molecule has 0 unspecified atom stereocenters. The number of amides is 1. The van der Waals surface area contributed by atoms with Crippen LogP contribution in [0, 0.1) is 5.92 Å². The van der Waals surface area contributed by atoms with Crippen LogP contribution >= 0.6 is 11.6 Å². The molecule has 0 spiro atoms. The van der Waals surface area contributed by atoms with Crippen molar-refractivity contribution in [1.82, 2.24) is 5.32 Å². The number of hydrogen-bond acceptors (Lipinski definition) is 2. The van der Waals surface area contributed by atoms with E-state index in [1.165, 1.54) is 19.3 Å². The lowest BCUT2D eigenvalue weighted by molar-refractivity contribution is -0.126. The van der Waals surface area contributed by atoms with Gasteiger partial charge in [-0.3, -0.25) is 4.79 Å². The number of hydrogen-bond donors (Lipinski definition) is 1. The molecule has 1 fully saturated rings. The second-order valence-corrected chi connectivity index (χ2v) is 4.31. The highest BCUT2D eigenvalue weighted by molar-refractivity contribution is 6.17. The molecular weight excluding hydrogens is 214 g/mol. The van der Waals surface area contributed by atoms with Gasteiger partial charge < -0.3 is 10.1 Å². The standard InChI is InChI=1S/C11H20ClNO2/c12-6-8-15-9-7-13-11(14)10-4-2-1-3-5-10/h10H,1-9H2,(H,13,14). The van der Waals surface area contributed by atoms with Crippen molar-refractivity contribution in [3.05, 3.63) is 0 Å². The highest BCUT2D eigenvalue weighted by atomic mass is 35.5. The van der Waals surface area contributed by atoms with E-state index >= 15 is 0 Å². The van der Waals surface area contributed by atoms with Crippen LogP contribution in [0.2, 0.25) is 0 Å². The Morgan fingerprint density at radius 3 is 2.67 bits per heavy atom. The summed E-state index contributed by atoms with van der Waals surface area (Å²) >= 11 is 5.45. The average Bonchev–Trinajstić information content (AvgIpc) is 2.30. The molecule has 3 nitrogen and oxygen atoms in total. The summed E-state index contributed by atoms with van der Waals surface area (Å²) in [5, 5.41) is 2.90. The quantitative estimate of drug-likeness (QED) is 0.563. The molecule has 0 aromatic heterocycles. The predicted molar refractivity (Wildman–Crippen MR) is 61.1 cm³/mol. The molecule has 1 saturated carbocycles. The Labute approximate surface area is 96.5 Å². The second-order valence-electron chi connectivity index (χ2n) is 3.93. The Morgan fingerprint density at radius 2 is 2.00 bits per heavy atom. The van der Waals surface area contributed by atoms with Gasteiger partial charge in [0.15, 0.2) is 0 Å². The smallest absolute Gasteiger partial charge is 0.223 e. The third-order valence-electron chi connectivity index (χ3n) is 2.74. The summed E-state index contributed by atoms with van der Waals surface area (Å²) in [5.74, 6) is 0.951. The van der Waals surface area contributed by atoms with E-state index in [0.717, 1.165) is 12.8 Å². The van der Waals surface area contributed by atoms with Gasteiger partial charge in [0, 0.05) is 18.3 Å². The Morgan fingerprint density at radius 1 is 1.27 bits per heavy atom. The van der Waals surface area contributed by atoms with Crippen LogP contribution in [0.3, 0.4) is 0 Å². The van der Waals surface area contributed by atoms with Gasteiger partial charge in [-0.25, -0.2) is 0 Å². The van der Waals surface area contributed by atoms with Crippen molar-refractivity contribution in [2.75, 3.05) is 25.6 Å². The molecule has 0 saturated heterocycles. The highest BCUT2D eigenvalue weighted by Crippen LogP contribution is 2.23.